The predicted octanol–water partition coefficient (Wildman–Crippen LogP) is 5.61. The predicted molar refractivity (Wildman–Crippen MR) is 98.1 cm³/mol. The summed E-state index contributed by atoms with van der Waals surface area (Å²) in [6.45, 7) is 1.44. The third-order valence-electron chi connectivity index (χ3n) is 3.70. The van der Waals surface area contributed by atoms with E-state index < -0.39 is 6.61 Å². The van der Waals surface area contributed by atoms with E-state index in [1.807, 2.05) is 24.3 Å². The van der Waals surface area contributed by atoms with Gasteiger partial charge in [0.1, 0.15) is 5.75 Å². The van der Waals surface area contributed by atoms with E-state index in [9.17, 15) is 8.78 Å². The fourth-order valence-electron chi connectivity index (χ4n) is 2.18. The fourth-order valence-corrected chi connectivity index (χ4v) is 2.41. The second kappa shape index (κ2) is 8.59. The zero-order valence-electron chi connectivity index (χ0n) is 13.6. The topological polar surface area (TPSA) is 33.3 Å². The van der Waals surface area contributed by atoms with Gasteiger partial charge < -0.3 is 15.4 Å². The molecule has 128 valence electrons. The number of benzene rings is 2. The number of hydrogen-bond acceptors (Lipinski definition) is 2. The van der Waals surface area contributed by atoms with Gasteiger partial charge in [-0.25, -0.2) is 0 Å². The van der Waals surface area contributed by atoms with E-state index in [0.29, 0.717) is 16.7 Å². The Morgan fingerprint density at radius 2 is 1.75 bits per heavy atom. The molecule has 2 N–H and O–H groups in total. The normalized spacial score (nSPS) is 11.9. The largest absolute Gasteiger partial charge is 0.433 e. The summed E-state index contributed by atoms with van der Waals surface area (Å²) < 4.78 is 29.3. The van der Waals surface area contributed by atoms with Crippen LogP contribution >= 0.6 is 12.2 Å². The molecule has 0 heterocycles. The lowest BCUT2D eigenvalue weighted by Crippen LogP contribution is -2.20. The van der Waals surface area contributed by atoms with Gasteiger partial charge in [-0.1, -0.05) is 38.1 Å². The average molecular weight is 350 g/mol. The monoisotopic (exact) mass is 350 g/mol. The second-order valence-corrected chi connectivity index (χ2v) is 5.79. The Hall–Kier alpha value is -2.21. The number of ether oxygens (including phenoxy) is 1. The summed E-state index contributed by atoms with van der Waals surface area (Å²) >= 11 is 5.23. The number of anilines is 2. The molecule has 0 aliphatic heterocycles. The van der Waals surface area contributed by atoms with Crippen molar-refractivity contribution in [3.05, 3.63) is 54.1 Å². The lowest BCUT2D eigenvalue weighted by Gasteiger charge is -2.15. The van der Waals surface area contributed by atoms with E-state index in [1.165, 1.54) is 11.6 Å². The van der Waals surface area contributed by atoms with Crippen LogP contribution in [0.1, 0.15) is 31.7 Å². The van der Waals surface area contributed by atoms with E-state index in [2.05, 4.69) is 29.2 Å². The van der Waals surface area contributed by atoms with E-state index in [0.717, 1.165) is 12.1 Å². The molecule has 0 spiro atoms. The summed E-state index contributed by atoms with van der Waals surface area (Å²) in [6.07, 6.45) is 1.08. The standard InChI is InChI=1S/C18H20F2N2OS/c1-3-12(2)13-8-10-14(11-9-13)21-18(24)22-15-6-4-5-7-16(15)23-17(19)20/h4-12,17H,3H2,1-2H3,(H2,21,22,24)/t12-/m0/s1. The summed E-state index contributed by atoms with van der Waals surface area (Å²) in [7, 11) is 0. The first-order chi connectivity index (χ1) is 11.5. The van der Waals surface area contributed by atoms with Crippen molar-refractivity contribution in [2.45, 2.75) is 32.8 Å². The Labute approximate surface area is 146 Å². The molecule has 0 aliphatic carbocycles. The first-order valence-electron chi connectivity index (χ1n) is 7.71. The maximum atomic E-state index is 12.4. The van der Waals surface area contributed by atoms with Gasteiger partial charge in [0, 0.05) is 5.69 Å². The van der Waals surface area contributed by atoms with Crippen LogP contribution in [-0.2, 0) is 0 Å². The highest BCUT2D eigenvalue weighted by Crippen LogP contribution is 2.26. The lowest BCUT2D eigenvalue weighted by atomic mass is 9.99. The van der Waals surface area contributed by atoms with E-state index in [-0.39, 0.29) is 5.75 Å². The summed E-state index contributed by atoms with van der Waals surface area (Å²) in [5, 5.41) is 6.21. The Bertz CT molecular complexity index is 677. The molecule has 2 rings (SSSR count). The van der Waals surface area contributed by atoms with Crippen molar-refractivity contribution < 1.29 is 13.5 Å². The molecule has 24 heavy (non-hydrogen) atoms. The van der Waals surface area contributed by atoms with Crippen molar-refractivity contribution in [1.82, 2.24) is 0 Å². The Morgan fingerprint density at radius 3 is 2.38 bits per heavy atom. The van der Waals surface area contributed by atoms with Crippen LogP contribution in [0.5, 0.6) is 5.75 Å². The number of nitrogens with one attached hydrogen (secondary N) is 2. The van der Waals surface area contributed by atoms with Crippen LogP contribution in [0.2, 0.25) is 0 Å². The van der Waals surface area contributed by atoms with Crippen LogP contribution in [0.3, 0.4) is 0 Å². The highest BCUT2D eigenvalue weighted by molar-refractivity contribution is 7.80. The maximum Gasteiger partial charge on any atom is 0.387 e. The quantitative estimate of drug-likeness (QED) is 0.663. The minimum absolute atomic E-state index is 0.0452. The molecular formula is C18H20F2N2OS. The van der Waals surface area contributed by atoms with Crippen molar-refractivity contribution >= 4 is 28.7 Å². The number of hydrogen-bond donors (Lipinski definition) is 2. The second-order valence-electron chi connectivity index (χ2n) is 5.39. The smallest absolute Gasteiger partial charge is 0.387 e. The molecule has 2 aromatic rings. The van der Waals surface area contributed by atoms with Crippen LogP contribution < -0.4 is 15.4 Å². The molecule has 1 atom stereocenters. The number of rotatable bonds is 6. The summed E-state index contributed by atoms with van der Waals surface area (Å²) in [5.41, 5.74) is 2.47. The van der Waals surface area contributed by atoms with Gasteiger partial charge in [-0.05, 0) is 54.4 Å². The molecule has 3 nitrogen and oxygen atoms in total. The maximum absolute atomic E-state index is 12.4. The van der Waals surface area contributed by atoms with Gasteiger partial charge in [0.2, 0.25) is 0 Å². The molecule has 0 aromatic heterocycles. The van der Waals surface area contributed by atoms with Crippen LogP contribution in [0.4, 0.5) is 20.2 Å². The fraction of sp³-hybridized carbons (Fsp3) is 0.278. The van der Waals surface area contributed by atoms with Crippen LogP contribution in [-0.4, -0.2) is 11.7 Å². The Morgan fingerprint density at radius 1 is 1.08 bits per heavy atom. The van der Waals surface area contributed by atoms with Gasteiger partial charge in [-0.2, -0.15) is 8.78 Å². The molecule has 6 heteroatoms. The molecule has 0 saturated heterocycles. The van der Waals surface area contributed by atoms with Gasteiger partial charge in [-0.15, -0.1) is 0 Å². The Balaban J connectivity index is 2.01. The van der Waals surface area contributed by atoms with Crippen molar-refractivity contribution in [1.29, 1.82) is 0 Å². The van der Waals surface area contributed by atoms with Gasteiger partial charge in [-0.3, -0.25) is 0 Å². The third-order valence-corrected chi connectivity index (χ3v) is 3.91. The minimum Gasteiger partial charge on any atom is -0.433 e. The molecule has 0 aliphatic rings. The molecule has 0 fully saturated rings. The minimum atomic E-state index is -2.89. The van der Waals surface area contributed by atoms with Gasteiger partial charge in [0.05, 0.1) is 5.69 Å². The van der Waals surface area contributed by atoms with E-state index in [1.54, 1.807) is 18.2 Å². The SMILES string of the molecule is CC[C@H](C)c1ccc(NC(=S)Nc2ccccc2OC(F)F)cc1. The Kier molecular flexibility index (Phi) is 6.49. The van der Waals surface area contributed by atoms with Gasteiger partial charge >= 0.3 is 6.61 Å². The molecule has 0 radical (unpaired) electrons. The molecule has 2 aromatic carbocycles. The first-order valence-corrected chi connectivity index (χ1v) is 8.12. The number of alkyl halides is 2. The third kappa shape index (κ3) is 5.16. The summed E-state index contributed by atoms with van der Waals surface area (Å²) in [6, 6.07) is 14.4. The average Bonchev–Trinajstić information content (AvgIpc) is 2.56. The molecule has 0 saturated carbocycles. The zero-order valence-corrected chi connectivity index (χ0v) is 14.4. The highest BCUT2D eigenvalue weighted by atomic mass is 32.1. The molecule has 0 amide bonds. The van der Waals surface area contributed by atoms with Crippen molar-refractivity contribution in [2.75, 3.05) is 10.6 Å². The van der Waals surface area contributed by atoms with Crippen LogP contribution in [0.25, 0.3) is 0 Å². The van der Waals surface area contributed by atoms with E-state index >= 15 is 0 Å². The number of para-hydroxylation sites is 2. The molecular weight excluding hydrogens is 330 g/mol. The van der Waals surface area contributed by atoms with Crippen LogP contribution in [0.15, 0.2) is 48.5 Å². The van der Waals surface area contributed by atoms with Crippen molar-refractivity contribution in [3.8, 4) is 5.75 Å². The van der Waals surface area contributed by atoms with Gasteiger partial charge in [0.15, 0.2) is 5.11 Å². The number of thiocarbonyl (C=S) groups is 1. The molecule has 0 bridgehead atoms. The lowest BCUT2D eigenvalue weighted by molar-refractivity contribution is -0.0493. The number of halogens is 2. The van der Waals surface area contributed by atoms with E-state index in [4.69, 9.17) is 12.2 Å². The first kappa shape index (κ1) is 18.1. The zero-order chi connectivity index (χ0) is 17.5. The summed E-state index contributed by atoms with van der Waals surface area (Å²) in [5.74, 6) is 0.547. The van der Waals surface area contributed by atoms with Gasteiger partial charge in [0.25, 0.3) is 0 Å². The molecule has 0 unspecified atom stereocenters. The van der Waals surface area contributed by atoms with Crippen molar-refractivity contribution in [2.24, 2.45) is 0 Å². The van der Waals surface area contributed by atoms with Crippen molar-refractivity contribution in [3.63, 3.8) is 0 Å². The highest BCUT2D eigenvalue weighted by Gasteiger charge is 2.10. The van der Waals surface area contributed by atoms with Crippen LogP contribution in [0, 0.1) is 0 Å². The summed E-state index contributed by atoms with van der Waals surface area (Å²) in [4.78, 5) is 0.